The second kappa shape index (κ2) is 4.31. The van der Waals surface area contributed by atoms with Crippen LogP contribution in [0.4, 0.5) is 5.82 Å². The quantitative estimate of drug-likeness (QED) is 0.785. The van der Waals surface area contributed by atoms with E-state index in [0.717, 1.165) is 35.2 Å². The summed E-state index contributed by atoms with van der Waals surface area (Å²) in [6, 6.07) is 1.99. The molecule has 1 aliphatic rings. The van der Waals surface area contributed by atoms with Crippen LogP contribution in [0.5, 0.6) is 0 Å². The van der Waals surface area contributed by atoms with Gasteiger partial charge in [0.1, 0.15) is 5.82 Å². The van der Waals surface area contributed by atoms with Gasteiger partial charge in [0.2, 0.25) is 5.91 Å². The molecular formula is C11H13BrN2O. The number of amides is 1. The fraction of sp³-hybridized carbons (Fsp3) is 0.455. The summed E-state index contributed by atoms with van der Waals surface area (Å²) in [4.78, 5) is 17.8. The maximum Gasteiger partial charge on any atom is 0.228 e. The number of pyridine rings is 1. The zero-order valence-corrected chi connectivity index (χ0v) is 10.2. The fourth-order valence-electron chi connectivity index (χ4n) is 1.85. The van der Waals surface area contributed by atoms with Gasteiger partial charge in [-0.2, -0.15) is 0 Å². The molecule has 80 valence electrons. The molecule has 1 amide bonds. The van der Waals surface area contributed by atoms with Crippen molar-refractivity contribution in [3.63, 3.8) is 0 Å². The summed E-state index contributed by atoms with van der Waals surface area (Å²) in [5.41, 5.74) is 1.04. The minimum Gasteiger partial charge on any atom is -0.297 e. The molecule has 0 radical (unpaired) electrons. The number of aryl methyl sites for hydroxylation is 1. The number of hydrogen-bond donors (Lipinski definition) is 0. The number of aromatic nitrogens is 1. The van der Waals surface area contributed by atoms with Crippen LogP contribution in [0.2, 0.25) is 0 Å². The largest absolute Gasteiger partial charge is 0.297 e. The summed E-state index contributed by atoms with van der Waals surface area (Å²) in [6.45, 7) is 2.78. The molecule has 0 saturated carbocycles. The SMILES string of the molecule is Cc1cc(Br)cnc1N1CCCCC1=O. The van der Waals surface area contributed by atoms with E-state index in [1.165, 1.54) is 0 Å². The van der Waals surface area contributed by atoms with Crippen molar-refractivity contribution in [2.45, 2.75) is 26.2 Å². The number of rotatable bonds is 1. The highest BCUT2D eigenvalue weighted by Gasteiger charge is 2.21. The Hall–Kier alpha value is -0.900. The Balaban J connectivity index is 2.31. The molecule has 0 bridgehead atoms. The van der Waals surface area contributed by atoms with Gasteiger partial charge in [-0.05, 0) is 47.3 Å². The Bertz CT molecular complexity index is 392. The van der Waals surface area contributed by atoms with Gasteiger partial charge in [0.05, 0.1) is 0 Å². The first-order valence-corrected chi connectivity index (χ1v) is 5.90. The van der Waals surface area contributed by atoms with Gasteiger partial charge in [-0.25, -0.2) is 4.98 Å². The van der Waals surface area contributed by atoms with E-state index >= 15 is 0 Å². The number of piperidine rings is 1. The van der Waals surface area contributed by atoms with E-state index in [9.17, 15) is 4.79 Å². The van der Waals surface area contributed by atoms with E-state index < -0.39 is 0 Å². The lowest BCUT2D eigenvalue weighted by atomic mass is 10.1. The van der Waals surface area contributed by atoms with Crippen LogP contribution in [0.3, 0.4) is 0 Å². The van der Waals surface area contributed by atoms with Crippen LogP contribution in [-0.4, -0.2) is 17.4 Å². The standard InChI is InChI=1S/C11H13BrN2O/c1-8-6-9(12)7-13-11(8)14-5-3-2-4-10(14)15/h6-7H,2-5H2,1H3. The maximum atomic E-state index is 11.7. The number of anilines is 1. The Morgan fingerprint density at radius 1 is 1.47 bits per heavy atom. The van der Waals surface area contributed by atoms with Gasteiger partial charge >= 0.3 is 0 Å². The summed E-state index contributed by atoms with van der Waals surface area (Å²) < 4.78 is 0.952. The molecule has 0 unspecified atom stereocenters. The van der Waals surface area contributed by atoms with Gasteiger partial charge in [0.25, 0.3) is 0 Å². The van der Waals surface area contributed by atoms with Crippen LogP contribution < -0.4 is 4.90 Å². The molecule has 15 heavy (non-hydrogen) atoms. The van der Waals surface area contributed by atoms with E-state index in [1.54, 1.807) is 11.1 Å². The van der Waals surface area contributed by atoms with E-state index in [4.69, 9.17) is 0 Å². The first kappa shape index (κ1) is 10.6. The Labute approximate surface area is 97.6 Å². The first-order chi connectivity index (χ1) is 7.18. The van der Waals surface area contributed by atoms with Gasteiger partial charge in [-0.1, -0.05) is 0 Å². The van der Waals surface area contributed by atoms with Crippen LogP contribution in [0.1, 0.15) is 24.8 Å². The molecule has 0 atom stereocenters. The number of carbonyl (C=O) groups excluding carboxylic acids is 1. The molecular weight excluding hydrogens is 256 g/mol. The molecule has 2 rings (SSSR count). The summed E-state index contributed by atoms with van der Waals surface area (Å²) in [6.07, 6.45) is 4.47. The van der Waals surface area contributed by atoms with Gasteiger partial charge in [-0.15, -0.1) is 0 Å². The predicted molar refractivity (Wildman–Crippen MR) is 62.9 cm³/mol. The molecule has 1 fully saturated rings. The van der Waals surface area contributed by atoms with Crippen LogP contribution in [0.25, 0.3) is 0 Å². The molecule has 0 N–H and O–H groups in total. The average Bonchev–Trinajstić information content (AvgIpc) is 2.20. The second-order valence-electron chi connectivity index (χ2n) is 3.80. The van der Waals surface area contributed by atoms with Crippen molar-refractivity contribution < 1.29 is 4.79 Å². The second-order valence-corrected chi connectivity index (χ2v) is 4.71. The molecule has 1 aliphatic heterocycles. The Morgan fingerprint density at radius 3 is 2.93 bits per heavy atom. The Morgan fingerprint density at radius 2 is 2.27 bits per heavy atom. The lowest BCUT2D eigenvalue weighted by Gasteiger charge is -2.26. The van der Waals surface area contributed by atoms with Crippen molar-refractivity contribution in [3.05, 3.63) is 22.3 Å². The molecule has 0 aliphatic carbocycles. The van der Waals surface area contributed by atoms with Crippen LogP contribution >= 0.6 is 15.9 Å². The monoisotopic (exact) mass is 268 g/mol. The molecule has 1 aromatic heterocycles. The minimum atomic E-state index is 0.194. The van der Waals surface area contributed by atoms with Gasteiger partial charge in [0.15, 0.2) is 0 Å². The first-order valence-electron chi connectivity index (χ1n) is 5.11. The van der Waals surface area contributed by atoms with Gasteiger partial charge < -0.3 is 0 Å². The van der Waals surface area contributed by atoms with Crippen molar-refractivity contribution in [2.24, 2.45) is 0 Å². The maximum absolute atomic E-state index is 11.7. The molecule has 2 heterocycles. The van der Waals surface area contributed by atoms with Crippen molar-refractivity contribution in [1.82, 2.24) is 4.98 Å². The number of halogens is 1. The number of nitrogens with zero attached hydrogens (tertiary/aromatic N) is 2. The summed E-state index contributed by atoms with van der Waals surface area (Å²) >= 11 is 3.37. The summed E-state index contributed by atoms with van der Waals surface area (Å²) in [5, 5.41) is 0. The summed E-state index contributed by atoms with van der Waals surface area (Å²) in [5.74, 6) is 1.00. The van der Waals surface area contributed by atoms with E-state index in [1.807, 2.05) is 13.0 Å². The lowest BCUT2D eigenvalue weighted by Crippen LogP contribution is -2.36. The van der Waals surface area contributed by atoms with Crippen molar-refractivity contribution in [1.29, 1.82) is 0 Å². The van der Waals surface area contributed by atoms with E-state index in [0.29, 0.717) is 6.42 Å². The van der Waals surface area contributed by atoms with Gasteiger partial charge in [-0.3, -0.25) is 9.69 Å². The van der Waals surface area contributed by atoms with Gasteiger partial charge in [0, 0.05) is 23.6 Å². The van der Waals surface area contributed by atoms with E-state index in [2.05, 4.69) is 20.9 Å². The molecule has 1 aromatic rings. The minimum absolute atomic E-state index is 0.194. The fourth-order valence-corrected chi connectivity index (χ4v) is 2.29. The average molecular weight is 269 g/mol. The lowest BCUT2D eigenvalue weighted by molar-refractivity contribution is -0.119. The van der Waals surface area contributed by atoms with Crippen molar-refractivity contribution in [2.75, 3.05) is 11.4 Å². The van der Waals surface area contributed by atoms with Crippen molar-refractivity contribution in [3.8, 4) is 0 Å². The van der Waals surface area contributed by atoms with Crippen molar-refractivity contribution >= 4 is 27.7 Å². The zero-order valence-electron chi connectivity index (χ0n) is 8.66. The highest BCUT2D eigenvalue weighted by Crippen LogP contribution is 2.24. The third-order valence-electron chi connectivity index (χ3n) is 2.60. The molecule has 4 heteroatoms. The third kappa shape index (κ3) is 2.20. The predicted octanol–water partition coefficient (Wildman–Crippen LogP) is 2.67. The molecule has 0 spiro atoms. The van der Waals surface area contributed by atoms with E-state index in [-0.39, 0.29) is 5.91 Å². The number of carbonyl (C=O) groups is 1. The molecule has 1 saturated heterocycles. The van der Waals surface area contributed by atoms with Crippen LogP contribution in [-0.2, 0) is 4.79 Å². The van der Waals surface area contributed by atoms with Crippen LogP contribution in [0.15, 0.2) is 16.7 Å². The third-order valence-corrected chi connectivity index (χ3v) is 3.03. The topological polar surface area (TPSA) is 33.2 Å². The highest BCUT2D eigenvalue weighted by molar-refractivity contribution is 9.10. The number of hydrogen-bond acceptors (Lipinski definition) is 2. The molecule has 0 aromatic carbocycles. The Kier molecular flexibility index (Phi) is 3.05. The molecule has 3 nitrogen and oxygen atoms in total. The zero-order chi connectivity index (χ0) is 10.8. The van der Waals surface area contributed by atoms with Crippen LogP contribution in [0, 0.1) is 6.92 Å². The summed E-state index contributed by atoms with van der Waals surface area (Å²) in [7, 11) is 0. The smallest absolute Gasteiger partial charge is 0.228 e. The highest BCUT2D eigenvalue weighted by atomic mass is 79.9. The normalized spacial score (nSPS) is 16.9.